The van der Waals surface area contributed by atoms with E-state index in [1.165, 1.54) is 53.5 Å². The number of fused-ring (bicyclic) bond motifs is 3. The Balaban J connectivity index is 1.51. The molecule has 2 aliphatic heterocycles. The molecule has 0 bridgehead atoms. The number of carbonyl (C=O) groups is 1. The van der Waals surface area contributed by atoms with E-state index in [0.29, 0.717) is 34.1 Å². The van der Waals surface area contributed by atoms with E-state index in [4.69, 9.17) is 0 Å². The number of nitrogens with zero attached hydrogens (tertiary/aromatic N) is 3. The van der Waals surface area contributed by atoms with Crippen LogP contribution in [0.15, 0.2) is 39.6 Å². The Kier molecular flexibility index (Phi) is 6.09. The molecule has 1 N–H and O–H groups in total. The van der Waals surface area contributed by atoms with Gasteiger partial charge in [0.1, 0.15) is 10.2 Å². The van der Waals surface area contributed by atoms with Gasteiger partial charge >= 0.3 is 0 Å². The second kappa shape index (κ2) is 9.00. The minimum absolute atomic E-state index is 0.0231. The lowest BCUT2D eigenvalue weighted by molar-refractivity contribution is -0.113. The molecule has 6 nitrogen and oxygen atoms in total. The first-order valence-corrected chi connectivity index (χ1v) is 13.1. The molecule has 5 rings (SSSR count). The number of carbonyl (C=O) groups excluding carboxylic acids is 1. The van der Waals surface area contributed by atoms with Gasteiger partial charge in [0, 0.05) is 6.54 Å². The Labute approximate surface area is 196 Å². The van der Waals surface area contributed by atoms with Crippen molar-refractivity contribution >= 4 is 44.9 Å². The van der Waals surface area contributed by atoms with Crippen LogP contribution in [0.5, 0.6) is 0 Å². The van der Waals surface area contributed by atoms with Crippen molar-refractivity contribution in [2.24, 2.45) is 0 Å². The Morgan fingerprint density at radius 1 is 1.06 bits per heavy atom. The van der Waals surface area contributed by atoms with E-state index in [2.05, 4.69) is 53.3 Å². The molecule has 32 heavy (non-hydrogen) atoms. The minimum Gasteiger partial charge on any atom is -0.322 e. The molecule has 0 unspecified atom stereocenters. The van der Waals surface area contributed by atoms with Crippen LogP contribution in [-0.2, 0) is 11.3 Å². The van der Waals surface area contributed by atoms with Crippen molar-refractivity contribution in [2.45, 2.75) is 55.8 Å². The number of hydrogen-bond donors (Lipinski definition) is 1. The Hall–Kier alpha value is -2.16. The SMILES string of the molecule is CC(C)c1ccc([C@H](Cn2cnc3c4c(sc3c2=O)SCC(=O)N4)N2CCCCC2)cc1. The fourth-order valence-corrected chi connectivity index (χ4v) is 6.76. The molecule has 1 amide bonds. The molecule has 0 spiro atoms. The predicted molar refractivity (Wildman–Crippen MR) is 132 cm³/mol. The maximum Gasteiger partial charge on any atom is 0.271 e. The van der Waals surface area contributed by atoms with Crippen molar-refractivity contribution in [1.29, 1.82) is 0 Å². The average Bonchev–Trinajstić information content (AvgIpc) is 3.18. The van der Waals surface area contributed by atoms with E-state index < -0.39 is 0 Å². The van der Waals surface area contributed by atoms with Gasteiger partial charge in [-0.2, -0.15) is 0 Å². The van der Waals surface area contributed by atoms with Crippen LogP contribution < -0.4 is 10.9 Å². The lowest BCUT2D eigenvalue weighted by Gasteiger charge is -2.35. The highest BCUT2D eigenvalue weighted by molar-refractivity contribution is 8.02. The summed E-state index contributed by atoms with van der Waals surface area (Å²) in [4.78, 5) is 32.4. The normalized spacial score (nSPS) is 18.0. The molecule has 1 atom stereocenters. The van der Waals surface area contributed by atoms with Crippen molar-refractivity contribution in [1.82, 2.24) is 14.5 Å². The highest BCUT2D eigenvalue weighted by atomic mass is 32.2. The van der Waals surface area contributed by atoms with Gasteiger partial charge in [-0.15, -0.1) is 23.1 Å². The minimum atomic E-state index is -0.0387. The van der Waals surface area contributed by atoms with E-state index in [-0.39, 0.29) is 17.5 Å². The van der Waals surface area contributed by atoms with Crippen LogP contribution >= 0.6 is 23.1 Å². The molecule has 2 aromatic heterocycles. The first kappa shape index (κ1) is 21.7. The van der Waals surface area contributed by atoms with Gasteiger partial charge in [-0.3, -0.25) is 19.1 Å². The number of anilines is 1. The molecule has 1 saturated heterocycles. The summed E-state index contributed by atoms with van der Waals surface area (Å²) in [6.07, 6.45) is 5.32. The van der Waals surface area contributed by atoms with Gasteiger partial charge in [-0.25, -0.2) is 4.98 Å². The number of nitrogens with one attached hydrogen (secondary N) is 1. The fourth-order valence-electron chi connectivity index (χ4n) is 4.58. The second-order valence-corrected chi connectivity index (χ2v) is 11.2. The first-order chi connectivity index (χ1) is 15.5. The third kappa shape index (κ3) is 4.11. The van der Waals surface area contributed by atoms with Crippen LogP contribution in [0, 0.1) is 0 Å². The van der Waals surface area contributed by atoms with Gasteiger partial charge in [0.2, 0.25) is 5.91 Å². The summed E-state index contributed by atoms with van der Waals surface area (Å²) >= 11 is 2.93. The predicted octanol–water partition coefficient (Wildman–Crippen LogP) is 4.85. The van der Waals surface area contributed by atoms with Gasteiger partial charge < -0.3 is 5.32 Å². The molecule has 1 fully saturated rings. The molecule has 2 aliphatic rings. The lowest BCUT2D eigenvalue weighted by atomic mass is 9.97. The molecular weight excluding hydrogens is 440 g/mol. The standard InChI is InChI=1S/C24H28N4O2S2/c1-15(2)16-6-8-17(9-7-16)18(27-10-4-3-5-11-27)12-28-14-25-20-21-24(31-13-19(29)26-21)32-22(20)23(28)30/h6-9,14-15,18H,3-5,10-13H2,1-2H3,(H,26,29)/t18-/m0/s1. The van der Waals surface area contributed by atoms with E-state index in [1.54, 1.807) is 10.9 Å². The Morgan fingerprint density at radius 2 is 1.78 bits per heavy atom. The lowest BCUT2D eigenvalue weighted by Crippen LogP contribution is -2.37. The maximum absolute atomic E-state index is 13.4. The molecule has 0 saturated carbocycles. The molecule has 1 aromatic carbocycles. The molecule has 8 heteroatoms. The molecule has 3 aromatic rings. The highest BCUT2D eigenvalue weighted by Crippen LogP contribution is 2.42. The quantitative estimate of drug-likeness (QED) is 0.580. The topological polar surface area (TPSA) is 67.2 Å². The third-order valence-corrected chi connectivity index (χ3v) is 8.86. The van der Waals surface area contributed by atoms with E-state index in [0.717, 1.165) is 17.3 Å². The van der Waals surface area contributed by atoms with Crippen LogP contribution in [0.1, 0.15) is 56.2 Å². The zero-order valence-electron chi connectivity index (χ0n) is 18.5. The van der Waals surface area contributed by atoms with Crippen molar-refractivity contribution < 1.29 is 4.79 Å². The molecule has 0 radical (unpaired) electrons. The number of aromatic nitrogens is 2. The highest BCUT2D eigenvalue weighted by Gasteiger charge is 2.26. The van der Waals surface area contributed by atoms with Crippen molar-refractivity contribution in [3.05, 3.63) is 52.1 Å². The molecule has 168 valence electrons. The molecule has 4 heterocycles. The van der Waals surface area contributed by atoms with E-state index >= 15 is 0 Å². The number of rotatable bonds is 5. The first-order valence-electron chi connectivity index (χ1n) is 11.3. The fraction of sp³-hybridized carbons (Fsp3) is 0.458. The number of thiophene rings is 1. The summed E-state index contributed by atoms with van der Waals surface area (Å²) in [5.74, 6) is 0.843. The number of likely N-dealkylation sites (tertiary alicyclic amines) is 1. The maximum atomic E-state index is 13.4. The Morgan fingerprint density at radius 3 is 2.50 bits per heavy atom. The number of benzene rings is 1. The smallest absolute Gasteiger partial charge is 0.271 e. The van der Waals surface area contributed by atoms with Gasteiger partial charge in [0.25, 0.3) is 5.56 Å². The number of thioether (sulfide) groups is 1. The van der Waals surface area contributed by atoms with Gasteiger partial charge in [0.15, 0.2) is 0 Å². The monoisotopic (exact) mass is 468 g/mol. The van der Waals surface area contributed by atoms with Crippen LogP contribution in [-0.4, -0.2) is 39.2 Å². The summed E-state index contributed by atoms with van der Waals surface area (Å²) < 4.78 is 3.35. The van der Waals surface area contributed by atoms with Crippen LogP contribution in [0.3, 0.4) is 0 Å². The van der Waals surface area contributed by atoms with Crippen LogP contribution in [0.25, 0.3) is 10.2 Å². The third-order valence-electron chi connectivity index (χ3n) is 6.42. The Bertz CT molecular complexity index is 1190. The number of hydrogen-bond acceptors (Lipinski definition) is 6. The van der Waals surface area contributed by atoms with Crippen LogP contribution in [0.4, 0.5) is 5.69 Å². The molecular formula is C24H28N4O2S2. The largest absolute Gasteiger partial charge is 0.322 e. The number of amides is 1. The zero-order valence-corrected chi connectivity index (χ0v) is 20.1. The number of piperidine rings is 1. The van der Waals surface area contributed by atoms with Crippen molar-refractivity contribution in [2.75, 3.05) is 24.2 Å². The van der Waals surface area contributed by atoms with Gasteiger partial charge in [-0.1, -0.05) is 44.5 Å². The zero-order chi connectivity index (χ0) is 22.2. The second-order valence-electron chi connectivity index (χ2n) is 8.91. The summed E-state index contributed by atoms with van der Waals surface area (Å²) in [5.41, 5.74) is 3.87. The molecule has 0 aliphatic carbocycles. The van der Waals surface area contributed by atoms with Crippen molar-refractivity contribution in [3.8, 4) is 0 Å². The summed E-state index contributed by atoms with van der Waals surface area (Å²) in [6.45, 7) is 7.09. The summed E-state index contributed by atoms with van der Waals surface area (Å²) in [5, 5.41) is 2.89. The summed E-state index contributed by atoms with van der Waals surface area (Å²) in [7, 11) is 0. The van der Waals surface area contributed by atoms with Gasteiger partial charge in [0.05, 0.1) is 28.0 Å². The van der Waals surface area contributed by atoms with Gasteiger partial charge in [-0.05, 0) is 43.0 Å². The van der Waals surface area contributed by atoms with E-state index in [1.807, 2.05) is 0 Å². The summed E-state index contributed by atoms with van der Waals surface area (Å²) in [6, 6.07) is 9.02. The van der Waals surface area contributed by atoms with Crippen LogP contribution in [0.2, 0.25) is 0 Å². The van der Waals surface area contributed by atoms with Crippen molar-refractivity contribution in [3.63, 3.8) is 0 Å². The average molecular weight is 469 g/mol. The van der Waals surface area contributed by atoms with E-state index in [9.17, 15) is 9.59 Å².